The summed E-state index contributed by atoms with van der Waals surface area (Å²) >= 11 is 3.10. The van der Waals surface area contributed by atoms with Crippen LogP contribution in [-0.4, -0.2) is 18.2 Å². The molecule has 0 spiro atoms. The molecule has 0 aliphatic carbocycles. The van der Waals surface area contributed by atoms with E-state index < -0.39 is 12.2 Å². The van der Waals surface area contributed by atoms with E-state index in [0.717, 1.165) is 0 Å². The summed E-state index contributed by atoms with van der Waals surface area (Å²) in [7, 11) is 1.25. The topological polar surface area (TPSA) is 24.9 Å². The lowest BCUT2D eigenvalue weighted by molar-refractivity contribution is -0.157. The van der Waals surface area contributed by atoms with Crippen molar-refractivity contribution in [3.8, 4) is 0 Å². The zero-order valence-corrected chi connectivity index (χ0v) is 8.85. The second-order valence-corrected chi connectivity index (χ2v) is 3.58. The van der Waals surface area contributed by atoms with Gasteiger partial charge in [-0.1, -0.05) is 0 Å². The fourth-order valence-corrected chi connectivity index (χ4v) is 1.27. The van der Waals surface area contributed by atoms with Crippen molar-refractivity contribution in [3.05, 3.63) is 28.5 Å². The molecule has 0 bridgehead atoms. The molecule has 1 atom stereocenters. The predicted octanol–water partition coefficient (Wildman–Crippen LogP) is 2.67. The first-order chi connectivity index (χ1) is 6.45. The molecule has 1 aromatic heterocycles. The van der Waals surface area contributed by atoms with Gasteiger partial charge in [-0.25, -0.2) is 0 Å². The molecule has 1 heterocycles. The van der Waals surface area contributed by atoms with Crippen molar-refractivity contribution in [1.82, 2.24) is 10.3 Å². The van der Waals surface area contributed by atoms with Crippen LogP contribution in [0.15, 0.2) is 22.8 Å². The summed E-state index contributed by atoms with van der Waals surface area (Å²) in [6.45, 7) is 0. The van der Waals surface area contributed by atoms with E-state index in [2.05, 4.69) is 26.2 Å². The van der Waals surface area contributed by atoms with Gasteiger partial charge in [-0.3, -0.25) is 4.98 Å². The number of hydrogen-bond acceptors (Lipinski definition) is 2. The van der Waals surface area contributed by atoms with Gasteiger partial charge in [-0.2, -0.15) is 13.2 Å². The maximum atomic E-state index is 12.4. The first-order valence-electron chi connectivity index (χ1n) is 3.80. The molecule has 0 saturated heterocycles. The Kier molecular flexibility index (Phi) is 3.49. The number of nitrogens with one attached hydrogen (secondary N) is 1. The van der Waals surface area contributed by atoms with E-state index in [9.17, 15) is 13.2 Å². The smallest absolute Gasteiger partial charge is 0.304 e. The maximum Gasteiger partial charge on any atom is 0.409 e. The Hall–Kier alpha value is -0.620. The molecule has 6 heteroatoms. The highest BCUT2D eigenvalue weighted by molar-refractivity contribution is 9.10. The number of hydrogen-bond donors (Lipinski definition) is 1. The highest BCUT2D eigenvalue weighted by atomic mass is 79.9. The Morgan fingerprint density at radius 1 is 1.43 bits per heavy atom. The van der Waals surface area contributed by atoms with Crippen LogP contribution in [0.4, 0.5) is 13.2 Å². The lowest BCUT2D eigenvalue weighted by Crippen LogP contribution is -2.32. The van der Waals surface area contributed by atoms with E-state index in [1.165, 1.54) is 25.4 Å². The third-order valence-corrected chi connectivity index (χ3v) is 2.13. The molecule has 0 aliphatic heterocycles. The lowest BCUT2D eigenvalue weighted by Gasteiger charge is -2.18. The molecule has 78 valence electrons. The van der Waals surface area contributed by atoms with Crippen LogP contribution in [0.1, 0.15) is 11.7 Å². The molecule has 0 unspecified atom stereocenters. The normalized spacial score (nSPS) is 14.1. The summed E-state index contributed by atoms with van der Waals surface area (Å²) in [6.07, 6.45) is -2.99. The van der Waals surface area contributed by atoms with Crippen molar-refractivity contribution in [1.29, 1.82) is 0 Å². The highest BCUT2D eigenvalue weighted by Gasteiger charge is 2.40. The Labute approximate surface area is 87.7 Å². The fourth-order valence-electron chi connectivity index (χ4n) is 1.04. The van der Waals surface area contributed by atoms with Gasteiger partial charge in [0.25, 0.3) is 0 Å². The maximum absolute atomic E-state index is 12.4. The summed E-state index contributed by atoms with van der Waals surface area (Å²) in [5.41, 5.74) is -0.0387. The van der Waals surface area contributed by atoms with Crippen LogP contribution in [-0.2, 0) is 0 Å². The number of halogens is 4. The van der Waals surface area contributed by atoms with Crippen LogP contribution in [0, 0.1) is 0 Å². The third-order valence-electron chi connectivity index (χ3n) is 1.66. The minimum atomic E-state index is -4.32. The van der Waals surface area contributed by atoms with Crippen LogP contribution in [0.5, 0.6) is 0 Å². The number of rotatable bonds is 2. The molecule has 0 radical (unpaired) electrons. The summed E-state index contributed by atoms with van der Waals surface area (Å²) in [6, 6.07) is 1.15. The Morgan fingerprint density at radius 3 is 2.43 bits per heavy atom. The van der Waals surface area contributed by atoms with Crippen LogP contribution < -0.4 is 5.32 Å². The van der Waals surface area contributed by atoms with Gasteiger partial charge in [0.05, 0.1) is 5.69 Å². The predicted molar refractivity (Wildman–Crippen MR) is 49.8 cm³/mol. The average Bonchev–Trinajstić information content (AvgIpc) is 2.07. The van der Waals surface area contributed by atoms with Crippen molar-refractivity contribution < 1.29 is 13.2 Å². The monoisotopic (exact) mass is 268 g/mol. The largest absolute Gasteiger partial charge is 0.409 e. The minimum Gasteiger partial charge on any atom is -0.304 e. The van der Waals surface area contributed by atoms with E-state index in [0.29, 0.717) is 4.47 Å². The lowest BCUT2D eigenvalue weighted by atomic mass is 10.2. The van der Waals surface area contributed by atoms with Crippen LogP contribution in [0.25, 0.3) is 0 Å². The first kappa shape index (κ1) is 11.5. The SMILES string of the molecule is CN[C@@H](c1ccc(Br)cn1)C(F)(F)F. The van der Waals surface area contributed by atoms with Crippen molar-refractivity contribution >= 4 is 15.9 Å². The van der Waals surface area contributed by atoms with Gasteiger partial charge in [0.2, 0.25) is 0 Å². The van der Waals surface area contributed by atoms with Gasteiger partial charge in [0.1, 0.15) is 6.04 Å². The molecule has 0 aromatic carbocycles. The Balaban J connectivity index is 2.96. The molecule has 1 aromatic rings. The first-order valence-corrected chi connectivity index (χ1v) is 4.60. The zero-order chi connectivity index (χ0) is 10.8. The van der Waals surface area contributed by atoms with Crippen molar-refractivity contribution in [2.45, 2.75) is 12.2 Å². The number of nitrogens with zero attached hydrogens (tertiary/aromatic N) is 1. The van der Waals surface area contributed by atoms with Gasteiger partial charge in [0.15, 0.2) is 0 Å². The fraction of sp³-hybridized carbons (Fsp3) is 0.375. The molecule has 1 N–H and O–H groups in total. The van der Waals surface area contributed by atoms with Crippen molar-refractivity contribution in [2.75, 3.05) is 7.05 Å². The number of alkyl halides is 3. The average molecular weight is 269 g/mol. The van der Waals surface area contributed by atoms with E-state index >= 15 is 0 Å². The van der Waals surface area contributed by atoms with Crippen molar-refractivity contribution in [2.24, 2.45) is 0 Å². The molecular formula is C8H8BrF3N2. The summed E-state index contributed by atoms with van der Waals surface area (Å²) in [5, 5.41) is 2.17. The van der Waals surface area contributed by atoms with Gasteiger partial charge in [0, 0.05) is 10.7 Å². The summed E-state index contributed by atoms with van der Waals surface area (Å²) in [4.78, 5) is 3.69. The quantitative estimate of drug-likeness (QED) is 0.892. The van der Waals surface area contributed by atoms with Gasteiger partial charge >= 0.3 is 6.18 Å². The molecular weight excluding hydrogens is 261 g/mol. The second-order valence-electron chi connectivity index (χ2n) is 2.66. The van der Waals surface area contributed by atoms with E-state index in [1.807, 2.05) is 0 Å². The minimum absolute atomic E-state index is 0.0387. The number of pyridine rings is 1. The van der Waals surface area contributed by atoms with Crippen molar-refractivity contribution in [3.63, 3.8) is 0 Å². The van der Waals surface area contributed by atoms with Gasteiger partial charge < -0.3 is 5.32 Å². The zero-order valence-electron chi connectivity index (χ0n) is 7.27. The molecule has 1 rings (SSSR count). The van der Waals surface area contributed by atoms with E-state index in [4.69, 9.17) is 0 Å². The van der Waals surface area contributed by atoms with Gasteiger partial charge in [-0.15, -0.1) is 0 Å². The van der Waals surface area contributed by atoms with E-state index in [1.54, 1.807) is 0 Å². The molecule has 14 heavy (non-hydrogen) atoms. The molecule has 0 aliphatic rings. The summed E-state index contributed by atoms with van der Waals surface area (Å²) in [5.74, 6) is 0. The molecule has 0 saturated carbocycles. The highest BCUT2D eigenvalue weighted by Crippen LogP contribution is 2.31. The van der Waals surface area contributed by atoms with Crippen LogP contribution in [0.3, 0.4) is 0 Å². The van der Waals surface area contributed by atoms with E-state index in [-0.39, 0.29) is 5.69 Å². The standard InChI is InChI=1S/C8H8BrF3N2/c1-13-7(8(10,11)12)6-3-2-5(9)4-14-6/h2-4,7,13H,1H3/t7-/m0/s1. The Bertz CT molecular complexity index is 296. The second kappa shape index (κ2) is 4.27. The summed E-state index contributed by atoms with van der Waals surface area (Å²) < 4.78 is 37.8. The molecule has 0 amide bonds. The number of aromatic nitrogens is 1. The van der Waals surface area contributed by atoms with Gasteiger partial charge in [-0.05, 0) is 35.1 Å². The van der Waals surface area contributed by atoms with Crippen LogP contribution in [0.2, 0.25) is 0 Å². The Morgan fingerprint density at radius 2 is 2.07 bits per heavy atom. The molecule has 2 nitrogen and oxygen atoms in total. The van der Waals surface area contributed by atoms with Crippen LogP contribution >= 0.6 is 15.9 Å². The third kappa shape index (κ3) is 2.68. The molecule has 0 fully saturated rings.